The Morgan fingerprint density at radius 1 is 1.28 bits per heavy atom. The molecule has 3 nitrogen and oxygen atoms in total. The van der Waals surface area contributed by atoms with Crippen LogP contribution in [-0.2, 0) is 6.42 Å². The Hall–Kier alpha value is -1.30. The lowest BCUT2D eigenvalue weighted by atomic mass is 10.0. The van der Waals surface area contributed by atoms with Gasteiger partial charge < -0.3 is 0 Å². The standard InChI is InChI=1S/C13H13BrFN3/c14-10-5-3-9(4-6-10)8-12(18-16)13-11(15)2-1-7-17-13/h1-7,12,18H,8,16H2. The molecular weight excluding hydrogens is 297 g/mol. The van der Waals surface area contributed by atoms with Gasteiger partial charge >= 0.3 is 0 Å². The van der Waals surface area contributed by atoms with Crippen LogP contribution in [0.2, 0.25) is 0 Å². The highest BCUT2D eigenvalue weighted by Gasteiger charge is 2.16. The number of halogens is 2. The first-order valence-corrected chi connectivity index (χ1v) is 6.31. The molecule has 94 valence electrons. The maximum absolute atomic E-state index is 13.6. The van der Waals surface area contributed by atoms with Crippen molar-refractivity contribution in [1.29, 1.82) is 0 Å². The number of nitrogens with one attached hydrogen (secondary N) is 1. The van der Waals surface area contributed by atoms with E-state index in [2.05, 4.69) is 26.3 Å². The molecule has 1 heterocycles. The van der Waals surface area contributed by atoms with Gasteiger partial charge in [0, 0.05) is 10.7 Å². The summed E-state index contributed by atoms with van der Waals surface area (Å²) in [4.78, 5) is 4.04. The molecule has 0 amide bonds. The fourth-order valence-corrected chi connectivity index (χ4v) is 2.01. The monoisotopic (exact) mass is 309 g/mol. The molecule has 0 fully saturated rings. The van der Waals surface area contributed by atoms with Crippen LogP contribution in [0.25, 0.3) is 0 Å². The molecule has 2 rings (SSSR count). The third-order valence-electron chi connectivity index (χ3n) is 2.67. The number of aromatic nitrogens is 1. The SMILES string of the molecule is NNC(Cc1ccc(Br)cc1)c1ncccc1F. The molecule has 2 aromatic rings. The largest absolute Gasteiger partial charge is 0.271 e. The first kappa shape index (κ1) is 13.1. The van der Waals surface area contributed by atoms with Gasteiger partial charge in [-0.1, -0.05) is 28.1 Å². The molecule has 5 heteroatoms. The Morgan fingerprint density at radius 2 is 2.00 bits per heavy atom. The fourth-order valence-electron chi connectivity index (χ4n) is 1.75. The van der Waals surface area contributed by atoms with E-state index in [1.54, 1.807) is 12.3 Å². The topological polar surface area (TPSA) is 50.9 Å². The van der Waals surface area contributed by atoms with Crippen molar-refractivity contribution in [2.75, 3.05) is 0 Å². The van der Waals surface area contributed by atoms with Crippen molar-refractivity contribution in [3.8, 4) is 0 Å². The molecule has 1 unspecified atom stereocenters. The lowest BCUT2D eigenvalue weighted by molar-refractivity contribution is 0.495. The van der Waals surface area contributed by atoms with E-state index in [1.165, 1.54) is 6.07 Å². The van der Waals surface area contributed by atoms with Crippen LogP contribution < -0.4 is 11.3 Å². The summed E-state index contributed by atoms with van der Waals surface area (Å²) >= 11 is 3.37. The first-order chi connectivity index (χ1) is 8.70. The molecule has 0 bridgehead atoms. The van der Waals surface area contributed by atoms with E-state index in [-0.39, 0.29) is 11.9 Å². The number of nitrogens with zero attached hydrogens (tertiary/aromatic N) is 1. The third kappa shape index (κ3) is 3.13. The Bertz CT molecular complexity index is 516. The van der Waals surface area contributed by atoms with Crippen molar-refractivity contribution >= 4 is 15.9 Å². The van der Waals surface area contributed by atoms with Crippen LogP contribution in [0.1, 0.15) is 17.3 Å². The number of benzene rings is 1. The number of rotatable bonds is 4. The van der Waals surface area contributed by atoms with Crippen molar-refractivity contribution in [2.24, 2.45) is 5.84 Å². The molecule has 0 saturated carbocycles. The van der Waals surface area contributed by atoms with Crippen molar-refractivity contribution < 1.29 is 4.39 Å². The number of hydrogen-bond donors (Lipinski definition) is 2. The van der Waals surface area contributed by atoms with Gasteiger partial charge in [-0.25, -0.2) is 4.39 Å². The fraction of sp³-hybridized carbons (Fsp3) is 0.154. The first-order valence-electron chi connectivity index (χ1n) is 5.51. The summed E-state index contributed by atoms with van der Waals surface area (Å²) < 4.78 is 14.6. The second-order valence-electron chi connectivity index (χ2n) is 3.92. The number of hydrazine groups is 1. The van der Waals surface area contributed by atoms with E-state index in [0.717, 1.165) is 10.0 Å². The molecule has 0 radical (unpaired) electrons. The summed E-state index contributed by atoms with van der Waals surface area (Å²) in [5, 5.41) is 0. The lowest BCUT2D eigenvalue weighted by Gasteiger charge is -2.16. The van der Waals surface area contributed by atoms with Gasteiger partial charge in [0.2, 0.25) is 0 Å². The molecule has 0 spiro atoms. The summed E-state index contributed by atoms with van der Waals surface area (Å²) in [6.07, 6.45) is 2.14. The minimum absolute atomic E-state index is 0.336. The average Bonchev–Trinajstić information content (AvgIpc) is 2.39. The molecule has 1 atom stereocenters. The number of hydrogen-bond acceptors (Lipinski definition) is 3. The highest BCUT2D eigenvalue weighted by atomic mass is 79.9. The number of nitrogens with two attached hydrogens (primary N) is 1. The van der Waals surface area contributed by atoms with Gasteiger partial charge in [0.1, 0.15) is 5.82 Å². The van der Waals surface area contributed by atoms with Gasteiger partial charge in [0.05, 0.1) is 11.7 Å². The third-order valence-corrected chi connectivity index (χ3v) is 3.20. The zero-order chi connectivity index (χ0) is 13.0. The summed E-state index contributed by atoms with van der Waals surface area (Å²) in [5.41, 5.74) is 4.01. The Balaban J connectivity index is 2.20. The van der Waals surface area contributed by atoms with E-state index in [9.17, 15) is 4.39 Å². The van der Waals surface area contributed by atoms with Crippen molar-refractivity contribution in [2.45, 2.75) is 12.5 Å². The van der Waals surface area contributed by atoms with Crippen LogP contribution in [0, 0.1) is 5.82 Å². The van der Waals surface area contributed by atoms with Crippen LogP contribution in [-0.4, -0.2) is 4.98 Å². The van der Waals surface area contributed by atoms with Crippen molar-refractivity contribution in [3.63, 3.8) is 0 Å². The maximum atomic E-state index is 13.6. The van der Waals surface area contributed by atoms with E-state index in [0.29, 0.717) is 12.1 Å². The van der Waals surface area contributed by atoms with Gasteiger partial charge in [-0.2, -0.15) is 0 Å². The highest BCUT2D eigenvalue weighted by molar-refractivity contribution is 9.10. The molecule has 1 aromatic carbocycles. The van der Waals surface area contributed by atoms with Crippen LogP contribution in [0.5, 0.6) is 0 Å². The maximum Gasteiger partial charge on any atom is 0.146 e. The normalized spacial score (nSPS) is 12.4. The molecule has 18 heavy (non-hydrogen) atoms. The molecule has 0 aliphatic rings. The van der Waals surface area contributed by atoms with Crippen LogP contribution >= 0.6 is 15.9 Å². The van der Waals surface area contributed by atoms with Gasteiger partial charge in [-0.15, -0.1) is 0 Å². The van der Waals surface area contributed by atoms with Gasteiger partial charge in [0.25, 0.3) is 0 Å². The summed E-state index contributed by atoms with van der Waals surface area (Å²) in [6.45, 7) is 0. The van der Waals surface area contributed by atoms with Crippen LogP contribution in [0.3, 0.4) is 0 Å². The quantitative estimate of drug-likeness (QED) is 0.674. The predicted octanol–water partition coefficient (Wildman–Crippen LogP) is 2.73. The van der Waals surface area contributed by atoms with E-state index in [4.69, 9.17) is 5.84 Å². The molecule has 3 N–H and O–H groups in total. The number of pyridine rings is 1. The molecule has 0 aliphatic carbocycles. The van der Waals surface area contributed by atoms with Crippen molar-refractivity contribution in [3.05, 3.63) is 64.1 Å². The zero-order valence-corrected chi connectivity index (χ0v) is 11.2. The smallest absolute Gasteiger partial charge is 0.146 e. The minimum atomic E-state index is -0.349. The van der Waals surface area contributed by atoms with E-state index in [1.807, 2.05) is 24.3 Å². The average molecular weight is 310 g/mol. The second-order valence-corrected chi connectivity index (χ2v) is 4.84. The Kier molecular flexibility index (Phi) is 4.41. The predicted molar refractivity (Wildman–Crippen MR) is 72.1 cm³/mol. The summed E-state index contributed by atoms with van der Waals surface area (Å²) in [6, 6.07) is 10.4. The molecule has 1 aromatic heterocycles. The van der Waals surface area contributed by atoms with E-state index < -0.39 is 0 Å². The second kappa shape index (κ2) is 6.04. The van der Waals surface area contributed by atoms with Crippen molar-refractivity contribution in [1.82, 2.24) is 10.4 Å². The van der Waals surface area contributed by atoms with Crippen LogP contribution in [0.15, 0.2) is 47.1 Å². The lowest BCUT2D eigenvalue weighted by Crippen LogP contribution is -2.31. The van der Waals surface area contributed by atoms with Gasteiger partial charge in [-0.3, -0.25) is 16.3 Å². The summed E-state index contributed by atoms with van der Waals surface area (Å²) in [5.74, 6) is 5.14. The molecular formula is C13H13BrFN3. The highest BCUT2D eigenvalue weighted by Crippen LogP contribution is 2.19. The van der Waals surface area contributed by atoms with Gasteiger partial charge in [0.15, 0.2) is 0 Å². The minimum Gasteiger partial charge on any atom is -0.271 e. The van der Waals surface area contributed by atoms with Gasteiger partial charge in [-0.05, 0) is 36.2 Å². The van der Waals surface area contributed by atoms with E-state index >= 15 is 0 Å². The van der Waals surface area contributed by atoms with Crippen LogP contribution in [0.4, 0.5) is 4.39 Å². The summed E-state index contributed by atoms with van der Waals surface area (Å²) in [7, 11) is 0. The molecule has 0 aliphatic heterocycles. The zero-order valence-electron chi connectivity index (χ0n) is 9.61. The molecule has 0 saturated heterocycles. The Morgan fingerprint density at radius 3 is 2.61 bits per heavy atom. The Labute approximate surface area is 113 Å².